The zero-order valence-electron chi connectivity index (χ0n) is 12.0. The van der Waals surface area contributed by atoms with Crippen LogP contribution < -0.4 is 0 Å². The van der Waals surface area contributed by atoms with Crippen LogP contribution in [0.5, 0.6) is 0 Å². The molecule has 1 saturated carbocycles. The molecule has 0 radical (unpaired) electrons. The lowest BCUT2D eigenvalue weighted by atomic mass is 9.82. The number of carbonyl (C=O) groups excluding carboxylic acids is 2. The van der Waals surface area contributed by atoms with Gasteiger partial charge in [0.15, 0.2) is 0 Å². The molecule has 0 N–H and O–H groups in total. The van der Waals surface area contributed by atoms with Crippen molar-refractivity contribution < 1.29 is 19.2 Å². The zero-order valence-corrected chi connectivity index (χ0v) is 12.0. The molecule has 108 valence electrons. The average molecular weight is 269 g/mol. The number of hydrogen-bond acceptors (Lipinski definition) is 4. The van der Waals surface area contributed by atoms with Gasteiger partial charge >= 0.3 is 5.95 Å². The second kappa shape index (κ2) is 7.16. The third-order valence-corrected chi connectivity index (χ3v) is 3.19. The Morgan fingerprint density at radius 1 is 1.37 bits per heavy atom. The molecule has 0 aromatic heterocycles. The quantitative estimate of drug-likeness (QED) is 0.386. The minimum atomic E-state index is -0.389. The summed E-state index contributed by atoms with van der Waals surface area (Å²) in [5, 5.41) is 0.698. The first-order valence-electron chi connectivity index (χ1n) is 6.89. The molecule has 19 heavy (non-hydrogen) atoms. The first-order valence-corrected chi connectivity index (χ1v) is 6.89. The number of ether oxygens (including phenoxy) is 1. The molecule has 0 saturated heterocycles. The molecule has 0 aliphatic heterocycles. The van der Waals surface area contributed by atoms with E-state index in [4.69, 9.17) is 9.57 Å². The Morgan fingerprint density at radius 2 is 2.05 bits per heavy atom. The lowest BCUT2D eigenvalue weighted by molar-refractivity contribution is -0.205. The van der Waals surface area contributed by atoms with Crippen molar-refractivity contribution in [1.29, 1.82) is 0 Å². The van der Waals surface area contributed by atoms with E-state index in [1.54, 1.807) is 13.0 Å². The molecule has 0 unspecified atom stereocenters. The van der Waals surface area contributed by atoms with Gasteiger partial charge in [-0.15, -0.1) is 5.06 Å². The van der Waals surface area contributed by atoms with E-state index >= 15 is 0 Å². The number of unbranched alkanes of at least 4 members (excludes halogenated alkanes) is 1. The molecule has 2 amide bonds. The van der Waals surface area contributed by atoms with Crippen molar-refractivity contribution in [3.05, 3.63) is 12.0 Å². The lowest BCUT2D eigenvalue weighted by Gasteiger charge is -2.38. The standard InChI is InChI=1S/C14H23NO4/c1-4-6-8-13(18-14(3)9-7-10-14)19-15(11-16)12(17)5-2/h8,11H,4-7,9-10H2,1-3H3/b13-8-. The van der Waals surface area contributed by atoms with Gasteiger partial charge in [0, 0.05) is 6.42 Å². The zero-order chi connectivity index (χ0) is 14.3. The summed E-state index contributed by atoms with van der Waals surface area (Å²) in [6.07, 6.45) is 7.13. The number of hydrogen-bond donors (Lipinski definition) is 0. The highest BCUT2D eigenvalue weighted by Gasteiger charge is 2.35. The number of carbonyl (C=O) groups is 2. The van der Waals surface area contributed by atoms with E-state index < -0.39 is 0 Å². The number of imide groups is 1. The predicted octanol–water partition coefficient (Wildman–Crippen LogP) is 2.91. The van der Waals surface area contributed by atoms with Gasteiger partial charge in [0.25, 0.3) is 12.3 Å². The van der Waals surface area contributed by atoms with Crippen molar-refractivity contribution in [2.75, 3.05) is 0 Å². The molecule has 0 bridgehead atoms. The maximum absolute atomic E-state index is 11.5. The first kappa shape index (κ1) is 15.5. The molecule has 5 heteroatoms. The van der Waals surface area contributed by atoms with E-state index in [1.165, 1.54) is 0 Å². The maximum Gasteiger partial charge on any atom is 0.304 e. The van der Waals surface area contributed by atoms with E-state index in [1.807, 2.05) is 13.8 Å². The highest BCUT2D eigenvalue weighted by molar-refractivity contribution is 5.84. The largest absolute Gasteiger partial charge is 0.458 e. The van der Waals surface area contributed by atoms with Crippen LogP contribution in [0.15, 0.2) is 12.0 Å². The molecule has 1 rings (SSSR count). The Balaban J connectivity index is 2.67. The number of hydroxylamine groups is 2. The van der Waals surface area contributed by atoms with E-state index in [0.717, 1.165) is 32.1 Å². The van der Waals surface area contributed by atoms with Gasteiger partial charge < -0.3 is 9.57 Å². The van der Waals surface area contributed by atoms with Gasteiger partial charge in [-0.2, -0.15) is 0 Å². The Labute approximate surface area is 114 Å². The fourth-order valence-electron chi connectivity index (χ4n) is 1.76. The van der Waals surface area contributed by atoms with Gasteiger partial charge in [0.2, 0.25) is 0 Å². The van der Waals surface area contributed by atoms with Gasteiger partial charge in [-0.3, -0.25) is 9.59 Å². The molecule has 1 aliphatic carbocycles. The Morgan fingerprint density at radius 3 is 2.47 bits per heavy atom. The fourth-order valence-corrected chi connectivity index (χ4v) is 1.76. The summed E-state index contributed by atoms with van der Waals surface area (Å²) in [6, 6.07) is 0. The number of allylic oxidation sites excluding steroid dienone is 1. The Hall–Kier alpha value is -1.52. The summed E-state index contributed by atoms with van der Waals surface area (Å²) in [7, 11) is 0. The van der Waals surface area contributed by atoms with E-state index in [9.17, 15) is 9.59 Å². The molecule has 0 aromatic carbocycles. The fraction of sp³-hybridized carbons (Fsp3) is 0.714. The van der Waals surface area contributed by atoms with Crippen LogP contribution in [0.25, 0.3) is 0 Å². The SMILES string of the molecule is CCC/C=C(\ON(C=O)C(=O)CC)OC1(C)CCC1. The van der Waals surface area contributed by atoms with Gasteiger partial charge in [0.05, 0.1) is 0 Å². The predicted molar refractivity (Wildman–Crippen MR) is 70.6 cm³/mol. The smallest absolute Gasteiger partial charge is 0.304 e. The number of rotatable bonds is 8. The normalized spacial score (nSPS) is 17.3. The highest BCUT2D eigenvalue weighted by atomic mass is 16.8. The Kier molecular flexibility index (Phi) is 5.86. The van der Waals surface area contributed by atoms with Gasteiger partial charge in [0.1, 0.15) is 5.60 Å². The summed E-state index contributed by atoms with van der Waals surface area (Å²) in [4.78, 5) is 27.6. The van der Waals surface area contributed by atoms with Gasteiger partial charge in [-0.05, 0) is 38.7 Å². The van der Waals surface area contributed by atoms with Crippen molar-refractivity contribution in [2.45, 2.75) is 64.9 Å². The van der Waals surface area contributed by atoms with Crippen LogP contribution in [0.2, 0.25) is 0 Å². The summed E-state index contributed by atoms with van der Waals surface area (Å²) in [5.74, 6) is -0.141. The summed E-state index contributed by atoms with van der Waals surface area (Å²) < 4.78 is 5.79. The summed E-state index contributed by atoms with van der Waals surface area (Å²) >= 11 is 0. The van der Waals surface area contributed by atoms with Crippen molar-refractivity contribution >= 4 is 12.3 Å². The molecule has 5 nitrogen and oxygen atoms in total. The van der Waals surface area contributed by atoms with Gasteiger partial charge in [-0.1, -0.05) is 20.3 Å². The minimum Gasteiger partial charge on any atom is -0.458 e. The molecule has 1 aliphatic rings. The van der Waals surface area contributed by atoms with Crippen LogP contribution in [0.4, 0.5) is 0 Å². The van der Waals surface area contributed by atoms with E-state index in [2.05, 4.69) is 0 Å². The highest BCUT2D eigenvalue weighted by Crippen LogP contribution is 2.37. The van der Waals surface area contributed by atoms with Crippen LogP contribution in [-0.4, -0.2) is 23.0 Å². The van der Waals surface area contributed by atoms with Gasteiger partial charge in [-0.25, -0.2) is 0 Å². The topological polar surface area (TPSA) is 55.8 Å². The molecular formula is C14H23NO4. The van der Waals surface area contributed by atoms with Crippen LogP contribution in [-0.2, 0) is 19.2 Å². The minimum absolute atomic E-state index is 0.205. The van der Waals surface area contributed by atoms with Crippen LogP contribution in [0.3, 0.4) is 0 Å². The molecule has 0 heterocycles. The monoisotopic (exact) mass is 269 g/mol. The molecule has 1 fully saturated rings. The molecular weight excluding hydrogens is 246 g/mol. The van der Waals surface area contributed by atoms with Crippen molar-refractivity contribution in [3.8, 4) is 0 Å². The van der Waals surface area contributed by atoms with Crippen molar-refractivity contribution in [3.63, 3.8) is 0 Å². The maximum atomic E-state index is 11.5. The second-order valence-electron chi connectivity index (χ2n) is 4.99. The van der Waals surface area contributed by atoms with Crippen molar-refractivity contribution in [1.82, 2.24) is 5.06 Å². The summed E-state index contributed by atoms with van der Waals surface area (Å²) in [6.45, 7) is 5.71. The van der Waals surface area contributed by atoms with E-state index in [0.29, 0.717) is 11.5 Å². The average Bonchev–Trinajstić information content (AvgIpc) is 2.38. The van der Waals surface area contributed by atoms with Crippen molar-refractivity contribution in [2.24, 2.45) is 0 Å². The Bertz CT molecular complexity index is 347. The molecule has 0 spiro atoms. The third kappa shape index (κ3) is 4.58. The van der Waals surface area contributed by atoms with E-state index in [-0.39, 0.29) is 23.9 Å². The van der Waals surface area contributed by atoms with Crippen LogP contribution >= 0.6 is 0 Å². The second-order valence-corrected chi connectivity index (χ2v) is 4.99. The van der Waals surface area contributed by atoms with Crippen LogP contribution in [0.1, 0.15) is 59.3 Å². The van der Waals surface area contributed by atoms with Crippen LogP contribution in [0, 0.1) is 0 Å². The first-order chi connectivity index (χ1) is 9.04. The molecule has 0 atom stereocenters. The lowest BCUT2D eigenvalue weighted by Crippen LogP contribution is -2.38. The number of amides is 2. The number of nitrogens with zero attached hydrogens (tertiary/aromatic N) is 1. The third-order valence-electron chi connectivity index (χ3n) is 3.19. The molecule has 0 aromatic rings. The summed E-state index contributed by atoms with van der Waals surface area (Å²) in [5.41, 5.74) is -0.233.